The highest BCUT2D eigenvalue weighted by Gasteiger charge is 2.16. The van der Waals surface area contributed by atoms with E-state index in [1.54, 1.807) is 29.2 Å². The Hall–Kier alpha value is -3.13. The number of nitrogens with one attached hydrogen (secondary N) is 1. The van der Waals surface area contributed by atoms with Crippen LogP contribution in [-0.2, 0) is 10.2 Å². The molecule has 1 aromatic heterocycles. The van der Waals surface area contributed by atoms with Gasteiger partial charge in [0, 0.05) is 29.9 Å². The van der Waals surface area contributed by atoms with Crippen molar-refractivity contribution in [1.29, 1.82) is 0 Å². The van der Waals surface area contributed by atoms with Crippen LogP contribution in [0, 0.1) is 0 Å². The molecular weight excluding hydrogens is 436 g/mol. The summed E-state index contributed by atoms with van der Waals surface area (Å²) >= 11 is 1.18. The summed E-state index contributed by atoms with van der Waals surface area (Å²) in [5.74, 6) is 0.336. The van der Waals surface area contributed by atoms with Crippen molar-refractivity contribution >= 4 is 29.3 Å². The van der Waals surface area contributed by atoms with Crippen molar-refractivity contribution in [3.8, 4) is 11.5 Å². The van der Waals surface area contributed by atoms with Gasteiger partial charge in [-0.1, -0.05) is 44.7 Å². The van der Waals surface area contributed by atoms with E-state index in [0.29, 0.717) is 35.5 Å². The molecule has 0 fully saturated rings. The highest BCUT2D eigenvalue weighted by Crippen LogP contribution is 2.27. The fourth-order valence-corrected chi connectivity index (χ4v) is 3.77. The summed E-state index contributed by atoms with van der Waals surface area (Å²) in [5.41, 5.74) is 3.36. The molecule has 2 aromatic carbocycles. The zero-order valence-electron chi connectivity index (χ0n) is 19.7. The van der Waals surface area contributed by atoms with Crippen LogP contribution in [0.4, 0.5) is 5.69 Å². The van der Waals surface area contributed by atoms with Gasteiger partial charge >= 0.3 is 0 Å². The van der Waals surface area contributed by atoms with Crippen LogP contribution in [0.3, 0.4) is 0 Å². The van der Waals surface area contributed by atoms with E-state index in [2.05, 4.69) is 48.4 Å². The lowest BCUT2D eigenvalue weighted by atomic mass is 9.87. The maximum absolute atomic E-state index is 12.4. The standard InChI is InChI=1S/C25H30N4O3S/c1-6-29(7-2)23(31)18-10-14-20(15-11-18)26-21(30)16-33-24-28-27-22(32-24)17-8-12-19(13-9-17)25(3,4)5/h8-15H,6-7,16H2,1-5H3,(H,26,30). The Morgan fingerprint density at radius 2 is 1.61 bits per heavy atom. The molecule has 1 heterocycles. The number of carbonyl (C=O) groups is 2. The van der Waals surface area contributed by atoms with Crippen LogP contribution >= 0.6 is 11.8 Å². The Morgan fingerprint density at radius 1 is 0.970 bits per heavy atom. The Balaban J connectivity index is 1.53. The Morgan fingerprint density at radius 3 is 2.18 bits per heavy atom. The van der Waals surface area contributed by atoms with E-state index in [0.717, 1.165) is 5.56 Å². The van der Waals surface area contributed by atoms with E-state index in [1.807, 2.05) is 26.0 Å². The molecule has 0 atom stereocenters. The van der Waals surface area contributed by atoms with Crippen LogP contribution in [0.25, 0.3) is 11.5 Å². The first kappa shape index (κ1) is 24.5. The Bertz CT molecular complexity index is 1080. The number of aromatic nitrogens is 2. The molecule has 3 aromatic rings. The Kier molecular flexibility index (Phi) is 7.92. The molecule has 0 aliphatic heterocycles. The number of hydrogen-bond donors (Lipinski definition) is 1. The molecule has 0 bridgehead atoms. The second-order valence-corrected chi connectivity index (χ2v) is 9.52. The number of thioether (sulfide) groups is 1. The monoisotopic (exact) mass is 466 g/mol. The molecule has 174 valence electrons. The topological polar surface area (TPSA) is 88.3 Å². The zero-order valence-corrected chi connectivity index (χ0v) is 20.5. The highest BCUT2D eigenvalue weighted by molar-refractivity contribution is 7.99. The van der Waals surface area contributed by atoms with Crippen LogP contribution in [0.15, 0.2) is 58.2 Å². The van der Waals surface area contributed by atoms with E-state index in [9.17, 15) is 9.59 Å². The number of carbonyl (C=O) groups excluding carboxylic acids is 2. The summed E-state index contributed by atoms with van der Waals surface area (Å²) in [6.45, 7) is 11.7. The number of rotatable bonds is 8. The van der Waals surface area contributed by atoms with Crippen LogP contribution in [0.5, 0.6) is 0 Å². The summed E-state index contributed by atoms with van der Waals surface area (Å²) in [6.07, 6.45) is 0. The van der Waals surface area contributed by atoms with Gasteiger partial charge in [-0.25, -0.2) is 0 Å². The number of nitrogens with zero attached hydrogens (tertiary/aromatic N) is 3. The minimum absolute atomic E-state index is 0.0197. The SMILES string of the molecule is CCN(CC)C(=O)c1ccc(NC(=O)CSc2nnc(-c3ccc(C(C)(C)C)cc3)o2)cc1. The Labute approximate surface area is 199 Å². The molecular formula is C25H30N4O3S. The largest absolute Gasteiger partial charge is 0.411 e. The van der Waals surface area contributed by atoms with Crippen molar-refractivity contribution in [3.05, 3.63) is 59.7 Å². The minimum Gasteiger partial charge on any atom is -0.411 e. The summed E-state index contributed by atoms with van der Waals surface area (Å²) in [6, 6.07) is 14.9. The normalized spacial score (nSPS) is 11.3. The highest BCUT2D eigenvalue weighted by atomic mass is 32.2. The molecule has 0 aliphatic rings. The van der Waals surface area contributed by atoms with Gasteiger partial charge in [-0.2, -0.15) is 0 Å². The molecule has 0 aliphatic carbocycles. The van der Waals surface area contributed by atoms with Crippen molar-refractivity contribution in [2.75, 3.05) is 24.2 Å². The molecule has 7 nitrogen and oxygen atoms in total. The fourth-order valence-electron chi connectivity index (χ4n) is 3.21. The maximum atomic E-state index is 12.4. The number of hydrogen-bond acceptors (Lipinski definition) is 6. The minimum atomic E-state index is -0.197. The molecule has 0 saturated carbocycles. The summed E-state index contributed by atoms with van der Waals surface area (Å²) in [4.78, 5) is 26.4. The first-order valence-electron chi connectivity index (χ1n) is 11.0. The average molecular weight is 467 g/mol. The predicted molar refractivity (Wildman–Crippen MR) is 131 cm³/mol. The van der Waals surface area contributed by atoms with Crippen LogP contribution < -0.4 is 5.32 Å². The lowest BCUT2D eigenvalue weighted by molar-refractivity contribution is -0.113. The fraction of sp³-hybridized carbons (Fsp3) is 0.360. The molecule has 2 amide bonds. The van der Waals surface area contributed by atoms with Gasteiger partial charge < -0.3 is 14.6 Å². The second-order valence-electron chi connectivity index (χ2n) is 8.59. The van der Waals surface area contributed by atoms with E-state index in [4.69, 9.17) is 4.42 Å². The van der Waals surface area contributed by atoms with E-state index in [1.165, 1.54) is 17.3 Å². The van der Waals surface area contributed by atoms with E-state index >= 15 is 0 Å². The van der Waals surface area contributed by atoms with Gasteiger partial charge in [-0.15, -0.1) is 10.2 Å². The van der Waals surface area contributed by atoms with Crippen molar-refractivity contribution in [2.45, 2.75) is 45.3 Å². The van der Waals surface area contributed by atoms with Crippen molar-refractivity contribution in [1.82, 2.24) is 15.1 Å². The third-order valence-electron chi connectivity index (χ3n) is 5.20. The number of benzene rings is 2. The van der Waals surface area contributed by atoms with Crippen molar-refractivity contribution in [2.24, 2.45) is 0 Å². The first-order valence-corrected chi connectivity index (χ1v) is 12.0. The van der Waals surface area contributed by atoms with Gasteiger partial charge in [-0.05, 0) is 61.2 Å². The predicted octanol–water partition coefficient (Wildman–Crippen LogP) is 5.25. The van der Waals surface area contributed by atoms with Gasteiger partial charge in [0.2, 0.25) is 11.8 Å². The van der Waals surface area contributed by atoms with Crippen LogP contribution in [0.2, 0.25) is 0 Å². The summed E-state index contributed by atoms with van der Waals surface area (Å²) in [7, 11) is 0. The van der Waals surface area contributed by atoms with E-state index < -0.39 is 0 Å². The van der Waals surface area contributed by atoms with Gasteiger partial charge in [0.15, 0.2) is 0 Å². The maximum Gasteiger partial charge on any atom is 0.277 e. The molecule has 0 spiro atoms. The smallest absolute Gasteiger partial charge is 0.277 e. The molecule has 33 heavy (non-hydrogen) atoms. The molecule has 0 saturated heterocycles. The lowest BCUT2D eigenvalue weighted by Gasteiger charge is -2.18. The summed E-state index contributed by atoms with van der Waals surface area (Å²) < 4.78 is 5.70. The van der Waals surface area contributed by atoms with Gasteiger partial charge in [0.25, 0.3) is 11.1 Å². The van der Waals surface area contributed by atoms with Crippen LogP contribution in [-0.4, -0.2) is 45.8 Å². The van der Waals surface area contributed by atoms with Gasteiger partial charge in [0.05, 0.1) is 5.75 Å². The third kappa shape index (κ3) is 6.44. The second kappa shape index (κ2) is 10.7. The number of amides is 2. The molecule has 3 rings (SSSR count). The number of anilines is 1. The molecule has 0 unspecified atom stereocenters. The average Bonchev–Trinajstić information content (AvgIpc) is 3.27. The summed E-state index contributed by atoms with van der Waals surface area (Å²) in [5, 5.41) is 11.3. The van der Waals surface area contributed by atoms with Crippen molar-refractivity contribution < 1.29 is 14.0 Å². The lowest BCUT2D eigenvalue weighted by Crippen LogP contribution is -2.30. The zero-order chi connectivity index (χ0) is 24.0. The third-order valence-corrected chi connectivity index (χ3v) is 6.02. The van der Waals surface area contributed by atoms with Crippen molar-refractivity contribution in [3.63, 3.8) is 0 Å². The van der Waals surface area contributed by atoms with Gasteiger partial charge in [-0.3, -0.25) is 9.59 Å². The quantitative estimate of drug-likeness (QED) is 0.456. The first-order chi connectivity index (χ1) is 15.7. The van der Waals surface area contributed by atoms with Crippen LogP contribution in [0.1, 0.15) is 50.5 Å². The van der Waals surface area contributed by atoms with E-state index in [-0.39, 0.29) is 23.0 Å². The molecule has 1 N–H and O–H groups in total. The molecule has 0 radical (unpaired) electrons. The van der Waals surface area contributed by atoms with Gasteiger partial charge in [0.1, 0.15) is 0 Å². The molecule has 8 heteroatoms.